The highest BCUT2D eigenvalue weighted by Crippen LogP contribution is 2.23. The minimum absolute atomic E-state index is 0. The van der Waals surface area contributed by atoms with Crippen LogP contribution in [0.2, 0.25) is 0 Å². The Bertz CT molecular complexity index is 504. The molecule has 2 N–H and O–H groups in total. The number of hydrogen-bond donors (Lipinski definition) is 2. The summed E-state index contributed by atoms with van der Waals surface area (Å²) in [5.41, 5.74) is 0. The van der Waals surface area contributed by atoms with Crippen molar-refractivity contribution in [2.45, 2.75) is 51.5 Å². The molecule has 142 valence electrons. The molecule has 0 bridgehead atoms. The summed E-state index contributed by atoms with van der Waals surface area (Å²) in [7, 11) is -1.22. The Morgan fingerprint density at radius 1 is 1.21 bits per heavy atom. The fraction of sp³-hybridized carbons (Fsp3) is 0.938. The third-order valence-electron chi connectivity index (χ3n) is 5.10. The standard InChI is InChI=1S/C16H32N4O2S.HI/c1-13-5-4-6-15(11-13)19-16(17-2)18-12-14-7-9-20(10-8-14)23(3,21)22;/h13-15H,4-12H2,1-3H3,(H2,17,18,19);1H. The van der Waals surface area contributed by atoms with Gasteiger partial charge in [-0.1, -0.05) is 19.8 Å². The molecule has 1 saturated carbocycles. The summed E-state index contributed by atoms with van der Waals surface area (Å²) < 4.78 is 24.7. The molecule has 2 rings (SSSR count). The summed E-state index contributed by atoms with van der Waals surface area (Å²) in [5, 5.41) is 6.97. The van der Waals surface area contributed by atoms with Crippen molar-refractivity contribution < 1.29 is 8.42 Å². The number of halogens is 1. The Hall–Kier alpha value is -0.0900. The van der Waals surface area contributed by atoms with Crippen molar-refractivity contribution in [2.75, 3.05) is 32.9 Å². The fourth-order valence-corrected chi connectivity index (χ4v) is 4.51. The lowest BCUT2D eigenvalue weighted by Gasteiger charge is -2.32. The SMILES string of the molecule is CN=C(NCC1CCN(S(C)(=O)=O)CC1)NC1CCCC(C)C1.I. The van der Waals surface area contributed by atoms with E-state index in [2.05, 4.69) is 22.5 Å². The Kier molecular flexibility index (Phi) is 9.29. The van der Waals surface area contributed by atoms with Crippen LogP contribution in [0.5, 0.6) is 0 Å². The molecule has 0 spiro atoms. The Morgan fingerprint density at radius 2 is 1.88 bits per heavy atom. The van der Waals surface area contributed by atoms with Gasteiger partial charge in [-0.25, -0.2) is 12.7 Å². The lowest BCUT2D eigenvalue weighted by molar-refractivity contribution is 0.274. The minimum atomic E-state index is -3.03. The zero-order valence-corrected chi connectivity index (χ0v) is 18.3. The Balaban J connectivity index is 0.00000288. The van der Waals surface area contributed by atoms with Crippen LogP contribution in [0.3, 0.4) is 0 Å². The highest BCUT2D eigenvalue weighted by molar-refractivity contribution is 14.0. The first kappa shape index (κ1) is 22.0. The first-order valence-corrected chi connectivity index (χ1v) is 10.7. The predicted molar refractivity (Wildman–Crippen MR) is 110 cm³/mol. The van der Waals surface area contributed by atoms with Gasteiger partial charge in [0.2, 0.25) is 10.0 Å². The van der Waals surface area contributed by atoms with Gasteiger partial charge in [0.1, 0.15) is 0 Å². The van der Waals surface area contributed by atoms with Gasteiger partial charge >= 0.3 is 0 Å². The molecule has 1 heterocycles. The van der Waals surface area contributed by atoms with Crippen molar-refractivity contribution in [1.82, 2.24) is 14.9 Å². The molecule has 8 heteroatoms. The molecule has 2 fully saturated rings. The lowest BCUT2D eigenvalue weighted by atomic mass is 9.87. The van der Waals surface area contributed by atoms with Gasteiger partial charge in [-0.3, -0.25) is 4.99 Å². The smallest absolute Gasteiger partial charge is 0.211 e. The molecule has 0 radical (unpaired) electrons. The first-order valence-electron chi connectivity index (χ1n) is 8.80. The second-order valence-electron chi connectivity index (χ2n) is 7.17. The van der Waals surface area contributed by atoms with E-state index in [4.69, 9.17) is 0 Å². The second-order valence-corrected chi connectivity index (χ2v) is 9.15. The maximum Gasteiger partial charge on any atom is 0.211 e. The van der Waals surface area contributed by atoms with Gasteiger partial charge in [0.15, 0.2) is 5.96 Å². The molecule has 6 nitrogen and oxygen atoms in total. The summed E-state index contributed by atoms with van der Waals surface area (Å²) in [6, 6.07) is 0.525. The Labute approximate surface area is 164 Å². The Morgan fingerprint density at radius 3 is 2.42 bits per heavy atom. The highest BCUT2D eigenvalue weighted by Gasteiger charge is 2.25. The van der Waals surface area contributed by atoms with Gasteiger partial charge in [0.05, 0.1) is 6.26 Å². The number of piperidine rings is 1. The largest absolute Gasteiger partial charge is 0.356 e. The van der Waals surface area contributed by atoms with Gasteiger partial charge in [0, 0.05) is 32.7 Å². The molecule has 2 unspecified atom stereocenters. The number of guanidine groups is 1. The first-order chi connectivity index (χ1) is 10.9. The van der Waals surface area contributed by atoms with Crippen LogP contribution in [0.1, 0.15) is 45.4 Å². The third-order valence-corrected chi connectivity index (χ3v) is 6.40. The van der Waals surface area contributed by atoms with E-state index < -0.39 is 10.0 Å². The average Bonchev–Trinajstić information content (AvgIpc) is 2.51. The zero-order valence-electron chi connectivity index (χ0n) is 15.1. The molecule has 1 aliphatic heterocycles. The molecular weight excluding hydrogens is 439 g/mol. The van der Waals surface area contributed by atoms with E-state index in [1.807, 2.05) is 7.05 Å². The number of nitrogens with zero attached hydrogens (tertiary/aromatic N) is 2. The van der Waals surface area contributed by atoms with Crippen LogP contribution in [0.25, 0.3) is 0 Å². The minimum Gasteiger partial charge on any atom is -0.356 e. The van der Waals surface area contributed by atoms with Crippen molar-refractivity contribution in [1.29, 1.82) is 0 Å². The van der Waals surface area contributed by atoms with Gasteiger partial charge in [0.25, 0.3) is 0 Å². The lowest BCUT2D eigenvalue weighted by Crippen LogP contribution is -2.47. The van der Waals surface area contributed by atoms with Crippen molar-refractivity contribution in [2.24, 2.45) is 16.8 Å². The average molecular weight is 472 g/mol. The van der Waals surface area contributed by atoms with E-state index in [1.165, 1.54) is 31.9 Å². The van der Waals surface area contributed by atoms with E-state index in [1.54, 1.807) is 4.31 Å². The van der Waals surface area contributed by atoms with Gasteiger partial charge in [-0.15, -0.1) is 24.0 Å². The fourth-order valence-electron chi connectivity index (χ4n) is 3.64. The van der Waals surface area contributed by atoms with Crippen LogP contribution in [0.4, 0.5) is 0 Å². The topological polar surface area (TPSA) is 73.8 Å². The van der Waals surface area contributed by atoms with E-state index in [9.17, 15) is 8.42 Å². The van der Waals surface area contributed by atoms with Crippen molar-refractivity contribution in [3.05, 3.63) is 0 Å². The number of nitrogens with one attached hydrogen (secondary N) is 2. The summed E-state index contributed by atoms with van der Waals surface area (Å²) in [6.45, 7) is 4.45. The van der Waals surface area contributed by atoms with Gasteiger partial charge < -0.3 is 10.6 Å². The van der Waals surface area contributed by atoms with Crippen LogP contribution >= 0.6 is 24.0 Å². The molecule has 1 saturated heterocycles. The molecule has 24 heavy (non-hydrogen) atoms. The maximum absolute atomic E-state index is 11.5. The van der Waals surface area contributed by atoms with Crippen molar-refractivity contribution in [3.8, 4) is 0 Å². The summed E-state index contributed by atoms with van der Waals surface area (Å²) in [4.78, 5) is 4.33. The van der Waals surface area contributed by atoms with Crippen molar-refractivity contribution >= 4 is 40.0 Å². The predicted octanol–water partition coefficient (Wildman–Crippen LogP) is 2.02. The molecule has 2 atom stereocenters. The summed E-state index contributed by atoms with van der Waals surface area (Å²) >= 11 is 0. The van der Waals surface area contributed by atoms with E-state index >= 15 is 0 Å². The van der Waals surface area contributed by atoms with Gasteiger partial charge in [-0.05, 0) is 37.5 Å². The molecule has 0 aromatic heterocycles. The number of sulfonamides is 1. The molecule has 0 amide bonds. The maximum atomic E-state index is 11.5. The normalized spacial score (nSPS) is 27.4. The molecular formula is C16H33IN4O2S. The summed E-state index contributed by atoms with van der Waals surface area (Å²) in [5.74, 6) is 2.19. The van der Waals surface area contributed by atoms with Crippen LogP contribution in [0.15, 0.2) is 4.99 Å². The summed E-state index contributed by atoms with van der Waals surface area (Å²) in [6.07, 6.45) is 8.19. The van der Waals surface area contributed by atoms with E-state index in [0.717, 1.165) is 31.3 Å². The van der Waals surface area contributed by atoms with Crippen molar-refractivity contribution in [3.63, 3.8) is 0 Å². The van der Waals surface area contributed by atoms with Crippen LogP contribution in [-0.2, 0) is 10.0 Å². The third kappa shape index (κ3) is 7.03. The van der Waals surface area contributed by atoms with Gasteiger partial charge in [-0.2, -0.15) is 0 Å². The monoisotopic (exact) mass is 472 g/mol. The van der Waals surface area contributed by atoms with E-state index in [-0.39, 0.29) is 24.0 Å². The number of aliphatic imine (C=N–C) groups is 1. The number of hydrogen-bond acceptors (Lipinski definition) is 3. The molecule has 0 aromatic rings. The van der Waals surface area contributed by atoms with Crippen LogP contribution in [0, 0.1) is 11.8 Å². The quantitative estimate of drug-likeness (QED) is 0.373. The number of rotatable bonds is 4. The van der Waals surface area contributed by atoms with Crippen LogP contribution < -0.4 is 10.6 Å². The second kappa shape index (κ2) is 10.2. The zero-order chi connectivity index (χ0) is 16.9. The molecule has 0 aromatic carbocycles. The highest BCUT2D eigenvalue weighted by atomic mass is 127. The molecule has 2 aliphatic rings. The van der Waals surface area contributed by atoms with E-state index in [0.29, 0.717) is 25.0 Å². The van der Waals surface area contributed by atoms with Crippen LogP contribution in [-0.4, -0.2) is 57.7 Å². The molecule has 1 aliphatic carbocycles.